The Kier molecular flexibility index (Phi) is 5.16. The summed E-state index contributed by atoms with van der Waals surface area (Å²) in [6, 6.07) is 3.00. The number of aryl methyl sites for hydroxylation is 1. The summed E-state index contributed by atoms with van der Waals surface area (Å²) in [5.74, 6) is 0.268. The molecule has 6 nitrogen and oxygen atoms in total. The van der Waals surface area contributed by atoms with Crippen molar-refractivity contribution in [3.63, 3.8) is 0 Å². The zero-order valence-electron chi connectivity index (χ0n) is 11.6. The highest BCUT2D eigenvalue weighted by molar-refractivity contribution is 7.89. The number of hydrogen-bond acceptors (Lipinski definition) is 5. The average molecular weight is 288 g/mol. The fourth-order valence-electron chi connectivity index (χ4n) is 1.43. The van der Waals surface area contributed by atoms with Crippen molar-refractivity contribution in [2.24, 2.45) is 0 Å². The zero-order valence-corrected chi connectivity index (χ0v) is 12.4. The molecule has 0 aliphatic carbocycles. The summed E-state index contributed by atoms with van der Waals surface area (Å²) in [6.07, 6.45) is -0.219. The lowest BCUT2D eigenvalue weighted by Crippen LogP contribution is -2.32. The van der Waals surface area contributed by atoms with Crippen LogP contribution in [0.2, 0.25) is 0 Å². The Morgan fingerprint density at radius 3 is 2.53 bits per heavy atom. The van der Waals surface area contributed by atoms with Gasteiger partial charge in [-0.3, -0.25) is 0 Å². The first kappa shape index (κ1) is 15.7. The standard InChI is InChI=1S/C12H20N2O4S/c1-8-5-11(18-4)12(6-10(8)13)19(15,16)14-7-9(2)17-3/h5-6,9,14H,7,13H2,1-4H3. The van der Waals surface area contributed by atoms with E-state index in [2.05, 4.69) is 4.72 Å². The number of ether oxygens (including phenoxy) is 2. The van der Waals surface area contributed by atoms with Gasteiger partial charge in [-0.2, -0.15) is 0 Å². The molecule has 7 heteroatoms. The van der Waals surface area contributed by atoms with Crippen LogP contribution in [0.15, 0.2) is 17.0 Å². The van der Waals surface area contributed by atoms with Gasteiger partial charge in [-0.25, -0.2) is 13.1 Å². The smallest absolute Gasteiger partial charge is 0.244 e. The van der Waals surface area contributed by atoms with E-state index in [4.69, 9.17) is 15.2 Å². The lowest BCUT2D eigenvalue weighted by atomic mass is 10.2. The van der Waals surface area contributed by atoms with Gasteiger partial charge in [-0.1, -0.05) is 0 Å². The molecule has 0 heterocycles. The predicted molar refractivity (Wildman–Crippen MR) is 73.8 cm³/mol. The number of methoxy groups -OCH3 is 2. The van der Waals surface area contributed by atoms with Crippen LogP contribution in [-0.2, 0) is 14.8 Å². The molecule has 0 saturated carbocycles. The Labute approximate surface area is 113 Å². The number of benzene rings is 1. The Morgan fingerprint density at radius 2 is 2.00 bits per heavy atom. The minimum atomic E-state index is -3.68. The summed E-state index contributed by atoms with van der Waals surface area (Å²) in [7, 11) is -0.747. The minimum absolute atomic E-state index is 0.0291. The van der Waals surface area contributed by atoms with Gasteiger partial charge in [0.15, 0.2) is 0 Å². The second-order valence-electron chi connectivity index (χ2n) is 4.26. The Balaban J connectivity index is 3.10. The van der Waals surface area contributed by atoms with Crippen molar-refractivity contribution in [2.75, 3.05) is 26.5 Å². The topological polar surface area (TPSA) is 90.7 Å². The number of nitrogen functional groups attached to an aromatic ring is 1. The molecule has 1 aromatic rings. The van der Waals surface area contributed by atoms with Crippen LogP contribution in [0.5, 0.6) is 5.75 Å². The Bertz CT molecular complexity index is 543. The van der Waals surface area contributed by atoms with E-state index in [1.165, 1.54) is 20.3 Å². The molecule has 1 rings (SSSR count). The van der Waals surface area contributed by atoms with E-state index >= 15 is 0 Å². The zero-order chi connectivity index (χ0) is 14.6. The number of sulfonamides is 1. The van der Waals surface area contributed by atoms with Gasteiger partial charge >= 0.3 is 0 Å². The van der Waals surface area contributed by atoms with Gasteiger partial charge in [-0.15, -0.1) is 0 Å². The number of rotatable bonds is 6. The molecule has 19 heavy (non-hydrogen) atoms. The van der Waals surface area contributed by atoms with Gasteiger partial charge in [0.05, 0.1) is 13.2 Å². The maximum absolute atomic E-state index is 12.2. The van der Waals surface area contributed by atoms with Crippen LogP contribution in [0.4, 0.5) is 5.69 Å². The molecule has 0 radical (unpaired) electrons. The molecule has 1 atom stereocenters. The van der Waals surface area contributed by atoms with Crippen LogP contribution in [0.1, 0.15) is 12.5 Å². The summed E-state index contributed by atoms with van der Waals surface area (Å²) < 4.78 is 36.9. The molecule has 0 aliphatic rings. The van der Waals surface area contributed by atoms with E-state index in [1.54, 1.807) is 19.9 Å². The molecular formula is C12H20N2O4S. The monoisotopic (exact) mass is 288 g/mol. The maximum atomic E-state index is 12.2. The molecule has 0 aliphatic heterocycles. The SMILES string of the molecule is COc1cc(C)c(N)cc1S(=O)(=O)NCC(C)OC. The largest absolute Gasteiger partial charge is 0.495 e. The maximum Gasteiger partial charge on any atom is 0.244 e. The first-order valence-corrected chi connectivity index (χ1v) is 7.26. The van der Waals surface area contributed by atoms with Gasteiger partial charge in [0.2, 0.25) is 10.0 Å². The van der Waals surface area contributed by atoms with Crippen molar-refractivity contribution in [3.8, 4) is 5.75 Å². The van der Waals surface area contributed by atoms with E-state index < -0.39 is 10.0 Å². The molecule has 3 N–H and O–H groups in total. The van der Waals surface area contributed by atoms with Crippen LogP contribution in [-0.4, -0.2) is 35.3 Å². The fraction of sp³-hybridized carbons (Fsp3) is 0.500. The average Bonchev–Trinajstić information content (AvgIpc) is 2.38. The minimum Gasteiger partial charge on any atom is -0.495 e. The van der Waals surface area contributed by atoms with Crippen molar-refractivity contribution in [3.05, 3.63) is 17.7 Å². The lowest BCUT2D eigenvalue weighted by molar-refractivity contribution is 0.122. The molecule has 0 spiro atoms. The van der Waals surface area contributed by atoms with E-state index in [-0.39, 0.29) is 23.3 Å². The Hall–Kier alpha value is -1.31. The van der Waals surface area contributed by atoms with Crippen LogP contribution >= 0.6 is 0 Å². The van der Waals surface area contributed by atoms with Crippen molar-refractivity contribution in [2.45, 2.75) is 24.8 Å². The summed E-state index contributed by atoms with van der Waals surface area (Å²) in [6.45, 7) is 3.73. The summed E-state index contributed by atoms with van der Waals surface area (Å²) in [5, 5.41) is 0. The van der Waals surface area contributed by atoms with E-state index in [0.29, 0.717) is 5.69 Å². The van der Waals surface area contributed by atoms with Gasteiger partial charge in [-0.05, 0) is 31.5 Å². The van der Waals surface area contributed by atoms with Crippen molar-refractivity contribution >= 4 is 15.7 Å². The number of nitrogens with one attached hydrogen (secondary N) is 1. The number of hydrogen-bond donors (Lipinski definition) is 2. The molecule has 0 saturated heterocycles. The normalized spacial score (nSPS) is 13.3. The van der Waals surface area contributed by atoms with Gasteiger partial charge in [0.25, 0.3) is 0 Å². The first-order chi connectivity index (χ1) is 8.81. The van der Waals surface area contributed by atoms with E-state index in [1.807, 2.05) is 0 Å². The number of anilines is 1. The molecule has 0 fully saturated rings. The molecular weight excluding hydrogens is 268 g/mol. The summed E-state index contributed by atoms with van der Waals surface area (Å²) >= 11 is 0. The van der Waals surface area contributed by atoms with Gasteiger partial charge < -0.3 is 15.2 Å². The van der Waals surface area contributed by atoms with Gasteiger partial charge in [0, 0.05) is 19.3 Å². The van der Waals surface area contributed by atoms with Crippen LogP contribution < -0.4 is 15.2 Å². The molecule has 0 aromatic heterocycles. The highest BCUT2D eigenvalue weighted by Gasteiger charge is 2.21. The van der Waals surface area contributed by atoms with Crippen molar-refractivity contribution < 1.29 is 17.9 Å². The lowest BCUT2D eigenvalue weighted by Gasteiger charge is -2.15. The highest BCUT2D eigenvalue weighted by atomic mass is 32.2. The summed E-state index contributed by atoms with van der Waals surface area (Å²) in [4.78, 5) is 0.0291. The Morgan fingerprint density at radius 1 is 1.37 bits per heavy atom. The second kappa shape index (κ2) is 6.23. The highest BCUT2D eigenvalue weighted by Crippen LogP contribution is 2.28. The van der Waals surface area contributed by atoms with E-state index in [0.717, 1.165) is 5.56 Å². The fourth-order valence-corrected chi connectivity index (χ4v) is 2.73. The summed E-state index contributed by atoms with van der Waals surface area (Å²) in [5.41, 5.74) is 6.92. The third-order valence-electron chi connectivity index (χ3n) is 2.80. The number of nitrogens with two attached hydrogens (primary N) is 1. The molecule has 108 valence electrons. The molecule has 1 unspecified atom stereocenters. The second-order valence-corrected chi connectivity index (χ2v) is 5.99. The molecule has 0 amide bonds. The van der Waals surface area contributed by atoms with E-state index in [9.17, 15) is 8.42 Å². The predicted octanol–water partition coefficient (Wildman–Crippen LogP) is 0.899. The van der Waals surface area contributed by atoms with Gasteiger partial charge in [0.1, 0.15) is 10.6 Å². The molecule has 0 bridgehead atoms. The first-order valence-electron chi connectivity index (χ1n) is 5.78. The van der Waals surface area contributed by atoms with Crippen LogP contribution in [0.3, 0.4) is 0 Å². The van der Waals surface area contributed by atoms with Crippen LogP contribution in [0.25, 0.3) is 0 Å². The van der Waals surface area contributed by atoms with Crippen molar-refractivity contribution in [1.29, 1.82) is 0 Å². The molecule has 1 aromatic carbocycles. The quantitative estimate of drug-likeness (QED) is 0.759. The van der Waals surface area contributed by atoms with Crippen molar-refractivity contribution in [1.82, 2.24) is 4.72 Å². The third kappa shape index (κ3) is 3.82. The van der Waals surface area contributed by atoms with Crippen LogP contribution in [0, 0.1) is 6.92 Å². The third-order valence-corrected chi connectivity index (χ3v) is 4.25.